The largest absolute Gasteiger partial charge is 0.299 e. The lowest BCUT2D eigenvalue weighted by molar-refractivity contribution is 1.13. The molecule has 3 aromatic rings. The van der Waals surface area contributed by atoms with E-state index in [1.165, 1.54) is 10.9 Å². The predicted molar refractivity (Wildman–Crippen MR) is 60.4 cm³/mol. The molecular weight excluding hydrogens is 240 g/mol. The van der Waals surface area contributed by atoms with Crippen LogP contribution in [-0.4, -0.2) is 9.38 Å². The van der Waals surface area contributed by atoms with Gasteiger partial charge in [-0.25, -0.2) is 4.98 Å². The van der Waals surface area contributed by atoms with Crippen molar-refractivity contribution in [2.45, 2.75) is 0 Å². The van der Waals surface area contributed by atoms with Crippen molar-refractivity contribution < 1.29 is 0 Å². The second-order valence-electron chi connectivity index (χ2n) is 3.17. The smallest absolute Gasteiger partial charge is 0.0996 e. The highest BCUT2D eigenvalue weighted by Gasteiger charge is 2.07. The monoisotopic (exact) mass is 246 g/mol. The Morgan fingerprint density at radius 2 is 1.93 bits per heavy atom. The minimum atomic E-state index is 1.13. The number of hydrogen-bond donors (Lipinski definition) is 0. The van der Waals surface area contributed by atoms with Crippen LogP contribution in [0.5, 0.6) is 0 Å². The molecule has 0 N–H and O–H groups in total. The second kappa shape index (κ2) is 2.82. The number of para-hydroxylation sites is 1. The molecule has 2 aromatic heterocycles. The Morgan fingerprint density at radius 3 is 2.86 bits per heavy atom. The Labute approximate surface area is 89.3 Å². The van der Waals surface area contributed by atoms with E-state index in [1.54, 1.807) is 6.20 Å². The average Bonchev–Trinajstić information content (AvgIpc) is 2.55. The fourth-order valence-electron chi connectivity index (χ4n) is 1.74. The molecule has 2 heterocycles. The van der Waals surface area contributed by atoms with Gasteiger partial charge in [0.1, 0.15) is 0 Å². The fraction of sp³-hybridized carbons (Fsp3) is 0. The number of nitrogens with zero attached hydrogens (tertiary/aromatic N) is 2. The van der Waals surface area contributed by atoms with Crippen molar-refractivity contribution >= 4 is 32.3 Å². The lowest BCUT2D eigenvalue weighted by Gasteiger charge is -1.93. The van der Waals surface area contributed by atoms with E-state index in [-0.39, 0.29) is 0 Å². The van der Waals surface area contributed by atoms with Gasteiger partial charge in [0.2, 0.25) is 0 Å². The molecule has 0 aliphatic heterocycles. The molecule has 2 nitrogen and oxygen atoms in total. The molecule has 68 valence electrons. The van der Waals surface area contributed by atoms with Crippen LogP contribution in [0, 0.1) is 0 Å². The van der Waals surface area contributed by atoms with Gasteiger partial charge in [-0.15, -0.1) is 0 Å². The standard InChI is InChI=1S/C11H7BrN2/c12-11-8-3-1-2-4-9(8)14-7-13-6-5-10(11)14/h1-7H. The number of halogens is 1. The van der Waals surface area contributed by atoms with E-state index in [0.717, 1.165) is 9.99 Å². The lowest BCUT2D eigenvalue weighted by atomic mass is 10.2. The summed E-state index contributed by atoms with van der Waals surface area (Å²) in [7, 11) is 0. The predicted octanol–water partition coefficient (Wildman–Crippen LogP) is 3.25. The molecule has 0 radical (unpaired) electrons. The topological polar surface area (TPSA) is 17.3 Å². The molecule has 0 saturated heterocycles. The second-order valence-corrected chi connectivity index (χ2v) is 3.96. The van der Waals surface area contributed by atoms with Crippen LogP contribution >= 0.6 is 15.9 Å². The Bertz CT molecular complexity index is 560. The third-order valence-corrected chi connectivity index (χ3v) is 3.22. The number of aromatic nitrogens is 2. The van der Waals surface area contributed by atoms with E-state index in [1.807, 2.05) is 24.5 Å². The zero-order valence-electron chi connectivity index (χ0n) is 7.31. The molecule has 0 bridgehead atoms. The zero-order valence-corrected chi connectivity index (χ0v) is 8.90. The molecule has 14 heavy (non-hydrogen) atoms. The van der Waals surface area contributed by atoms with Crippen molar-refractivity contribution in [1.29, 1.82) is 0 Å². The highest BCUT2D eigenvalue weighted by atomic mass is 79.9. The molecule has 0 spiro atoms. The van der Waals surface area contributed by atoms with Crippen LogP contribution in [0.4, 0.5) is 0 Å². The van der Waals surface area contributed by atoms with Crippen molar-refractivity contribution in [3.05, 3.63) is 47.3 Å². The van der Waals surface area contributed by atoms with Gasteiger partial charge in [-0.1, -0.05) is 18.2 Å². The molecule has 0 amide bonds. The van der Waals surface area contributed by atoms with Gasteiger partial charge in [-0.3, -0.25) is 4.40 Å². The van der Waals surface area contributed by atoms with Crippen LogP contribution in [0.2, 0.25) is 0 Å². The summed E-state index contributed by atoms with van der Waals surface area (Å²) in [6.07, 6.45) is 3.64. The maximum atomic E-state index is 4.12. The van der Waals surface area contributed by atoms with E-state index >= 15 is 0 Å². The number of fused-ring (bicyclic) bond motifs is 3. The average molecular weight is 247 g/mol. The number of hydrogen-bond acceptors (Lipinski definition) is 1. The molecule has 0 unspecified atom stereocenters. The Hall–Kier alpha value is -1.35. The van der Waals surface area contributed by atoms with Crippen molar-refractivity contribution in [3.63, 3.8) is 0 Å². The van der Waals surface area contributed by atoms with Crippen molar-refractivity contribution in [3.8, 4) is 0 Å². The first-order chi connectivity index (χ1) is 6.88. The third kappa shape index (κ3) is 0.930. The molecule has 0 atom stereocenters. The Balaban J connectivity index is 2.69. The minimum absolute atomic E-state index is 1.13. The molecule has 3 heteroatoms. The maximum absolute atomic E-state index is 4.12. The quantitative estimate of drug-likeness (QED) is 0.596. The summed E-state index contributed by atoms with van der Waals surface area (Å²) in [6, 6.07) is 10.3. The van der Waals surface area contributed by atoms with Crippen LogP contribution in [-0.2, 0) is 0 Å². The molecule has 0 aliphatic carbocycles. The molecule has 1 aromatic carbocycles. The van der Waals surface area contributed by atoms with E-state index in [9.17, 15) is 0 Å². The van der Waals surface area contributed by atoms with Crippen LogP contribution in [0.1, 0.15) is 0 Å². The summed E-state index contributed by atoms with van der Waals surface area (Å²) in [5, 5.41) is 1.22. The summed E-state index contributed by atoms with van der Waals surface area (Å²) < 4.78 is 3.22. The minimum Gasteiger partial charge on any atom is -0.299 e. The van der Waals surface area contributed by atoms with E-state index in [4.69, 9.17) is 0 Å². The van der Waals surface area contributed by atoms with Gasteiger partial charge in [-0.2, -0.15) is 0 Å². The molecular formula is C11H7BrN2. The molecule has 0 fully saturated rings. The van der Waals surface area contributed by atoms with Crippen LogP contribution in [0.15, 0.2) is 47.3 Å². The van der Waals surface area contributed by atoms with Gasteiger partial charge < -0.3 is 0 Å². The first kappa shape index (κ1) is 8.00. The van der Waals surface area contributed by atoms with Gasteiger partial charge in [-0.05, 0) is 28.1 Å². The van der Waals surface area contributed by atoms with Gasteiger partial charge in [0.05, 0.1) is 21.8 Å². The van der Waals surface area contributed by atoms with Crippen LogP contribution < -0.4 is 0 Å². The van der Waals surface area contributed by atoms with Gasteiger partial charge >= 0.3 is 0 Å². The normalized spacial score (nSPS) is 11.2. The van der Waals surface area contributed by atoms with Crippen molar-refractivity contribution in [1.82, 2.24) is 9.38 Å². The van der Waals surface area contributed by atoms with Gasteiger partial charge in [0.15, 0.2) is 0 Å². The Morgan fingerprint density at radius 1 is 1.07 bits per heavy atom. The molecule has 0 saturated carbocycles. The highest BCUT2D eigenvalue weighted by Crippen LogP contribution is 2.30. The Kier molecular flexibility index (Phi) is 1.61. The zero-order chi connectivity index (χ0) is 9.54. The third-order valence-electron chi connectivity index (χ3n) is 2.39. The highest BCUT2D eigenvalue weighted by molar-refractivity contribution is 9.10. The van der Waals surface area contributed by atoms with Crippen LogP contribution in [0.3, 0.4) is 0 Å². The van der Waals surface area contributed by atoms with E-state index in [0.29, 0.717) is 0 Å². The van der Waals surface area contributed by atoms with E-state index in [2.05, 4.69) is 37.4 Å². The summed E-state index contributed by atoms with van der Waals surface area (Å²) in [4.78, 5) is 4.12. The molecule has 0 aliphatic rings. The lowest BCUT2D eigenvalue weighted by Crippen LogP contribution is -1.83. The van der Waals surface area contributed by atoms with E-state index < -0.39 is 0 Å². The van der Waals surface area contributed by atoms with Gasteiger partial charge in [0.25, 0.3) is 0 Å². The van der Waals surface area contributed by atoms with Crippen molar-refractivity contribution in [2.75, 3.05) is 0 Å². The maximum Gasteiger partial charge on any atom is 0.0996 e. The SMILES string of the molecule is Brc1c2ccccc2n2cnccc12. The molecule has 3 rings (SSSR count). The summed E-state index contributed by atoms with van der Waals surface area (Å²) in [6.45, 7) is 0. The first-order valence-electron chi connectivity index (χ1n) is 4.36. The number of benzene rings is 1. The van der Waals surface area contributed by atoms with Crippen molar-refractivity contribution in [2.24, 2.45) is 0 Å². The fourth-order valence-corrected chi connectivity index (χ4v) is 2.40. The van der Waals surface area contributed by atoms with Crippen LogP contribution in [0.25, 0.3) is 16.4 Å². The summed E-state index contributed by atoms with van der Waals surface area (Å²) in [5.41, 5.74) is 2.34. The van der Waals surface area contributed by atoms with Gasteiger partial charge in [0, 0.05) is 11.6 Å². The first-order valence-corrected chi connectivity index (χ1v) is 5.15. The summed E-state index contributed by atoms with van der Waals surface area (Å²) in [5.74, 6) is 0. The number of rotatable bonds is 0. The summed E-state index contributed by atoms with van der Waals surface area (Å²) >= 11 is 3.60.